The van der Waals surface area contributed by atoms with Crippen LogP contribution in [0.25, 0.3) is 0 Å². The first-order valence-corrected chi connectivity index (χ1v) is 14.1. The highest BCUT2D eigenvalue weighted by atomic mass is 32.2. The second kappa shape index (κ2) is 17.0. The average Bonchev–Trinajstić information content (AvgIpc) is 2.76. The van der Waals surface area contributed by atoms with Gasteiger partial charge >= 0.3 is 5.97 Å². The van der Waals surface area contributed by atoms with Crippen LogP contribution in [0, 0.1) is 11.8 Å². The maximum Gasteiger partial charge on any atom is 0.326 e. The molecule has 192 valence electrons. The maximum absolute atomic E-state index is 13.1. The van der Waals surface area contributed by atoms with Gasteiger partial charge in [-0.1, -0.05) is 34.1 Å². The number of nitrogens with one attached hydrogen (secondary N) is 3. The average molecular weight is 507 g/mol. The molecule has 11 heteroatoms. The van der Waals surface area contributed by atoms with Crippen molar-refractivity contribution in [3.05, 3.63) is 0 Å². The number of thioether (sulfide) groups is 2. The van der Waals surface area contributed by atoms with Gasteiger partial charge < -0.3 is 26.8 Å². The smallest absolute Gasteiger partial charge is 0.326 e. The number of hydrogen-bond acceptors (Lipinski definition) is 7. The predicted molar refractivity (Wildman–Crippen MR) is 136 cm³/mol. The zero-order chi connectivity index (χ0) is 25.6. The van der Waals surface area contributed by atoms with Crippen molar-refractivity contribution in [2.75, 3.05) is 24.0 Å². The standard InChI is InChI=1S/C22H42N4O5S2/c1-7-14(4)18(23)21(29)26-17(12-13(2)3)20(28)24-15(8-10-32-5)19(27)25-16(22(30)31)9-11-33-6/h13-18H,7-12,23H2,1-6H3,(H,24,28)(H,25,27)(H,26,29)(H,30,31). The van der Waals surface area contributed by atoms with Crippen LogP contribution in [-0.4, -0.2) is 77.0 Å². The summed E-state index contributed by atoms with van der Waals surface area (Å²) in [4.78, 5) is 50.0. The van der Waals surface area contributed by atoms with Gasteiger partial charge in [0.1, 0.15) is 18.1 Å². The van der Waals surface area contributed by atoms with Crippen LogP contribution in [0.3, 0.4) is 0 Å². The summed E-state index contributed by atoms with van der Waals surface area (Å²) in [5.41, 5.74) is 6.02. The quantitative estimate of drug-likeness (QED) is 0.199. The third-order valence-corrected chi connectivity index (χ3v) is 6.66. The molecule has 0 heterocycles. The fourth-order valence-corrected chi connectivity index (χ4v) is 3.97. The van der Waals surface area contributed by atoms with E-state index in [1.165, 1.54) is 23.5 Å². The minimum absolute atomic E-state index is 0.0397. The lowest BCUT2D eigenvalue weighted by Crippen LogP contribution is -2.58. The summed E-state index contributed by atoms with van der Waals surface area (Å²) in [6.07, 6.45) is 5.47. The Hall–Kier alpha value is -1.46. The number of rotatable bonds is 17. The van der Waals surface area contributed by atoms with E-state index in [9.17, 15) is 24.3 Å². The van der Waals surface area contributed by atoms with Crippen molar-refractivity contribution in [1.82, 2.24) is 16.0 Å². The van der Waals surface area contributed by atoms with Crippen molar-refractivity contribution < 1.29 is 24.3 Å². The highest BCUT2D eigenvalue weighted by molar-refractivity contribution is 7.98. The summed E-state index contributed by atoms with van der Waals surface area (Å²) in [6, 6.07) is -3.51. The van der Waals surface area contributed by atoms with Gasteiger partial charge in [0, 0.05) is 0 Å². The summed E-state index contributed by atoms with van der Waals surface area (Å²) in [5.74, 6) is -1.29. The monoisotopic (exact) mass is 506 g/mol. The molecule has 0 rings (SSSR count). The van der Waals surface area contributed by atoms with Crippen LogP contribution >= 0.6 is 23.5 Å². The van der Waals surface area contributed by atoms with E-state index < -0.39 is 47.9 Å². The molecule has 0 radical (unpaired) electrons. The Balaban J connectivity index is 5.45. The molecule has 0 aromatic carbocycles. The van der Waals surface area contributed by atoms with Crippen LogP contribution in [0.2, 0.25) is 0 Å². The summed E-state index contributed by atoms with van der Waals surface area (Å²) in [5, 5.41) is 17.4. The second-order valence-electron chi connectivity index (χ2n) is 8.63. The van der Waals surface area contributed by atoms with Crippen molar-refractivity contribution in [3.8, 4) is 0 Å². The van der Waals surface area contributed by atoms with Crippen molar-refractivity contribution in [1.29, 1.82) is 0 Å². The molecule has 0 fully saturated rings. The maximum atomic E-state index is 13.1. The molecule has 5 unspecified atom stereocenters. The van der Waals surface area contributed by atoms with Crippen LogP contribution in [-0.2, 0) is 19.2 Å². The van der Waals surface area contributed by atoms with Crippen molar-refractivity contribution in [2.45, 2.75) is 77.5 Å². The first kappa shape index (κ1) is 31.5. The van der Waals surface area contributed by atoms with Crippen LogP contribution in [0.15, 0.2) is 0 Å². The van der Waals surface area contributed by atoms with Gasteiger partial charge in [0.05, 0.1) is 6.04 Å². The molecular weight excluding hydrogens is 464 g/mol. The number of carboxylic acids is 1. The lowest BCUT2D eigenvalue weighted by Gasteiger charge is -2.27. The number of nitrogens with two attached hydrogens (primary N) is 1. The van der Waals surface area contributed by atoms with Crippen molar-refractivity contribution in [3.63, 3.8) is 0 Å². The third kappa shape index (κ3) is 12.5. The van der Waals surface area contributed by atoms with E-state index in [-0.39, 0.29) is 18.3 Å². The van der Waals surface area contributed by atoms with Gasteiger partial charge in [-0.25, -0.2) is 4.79 Å². The molecule has 0 saturated carbocycles. The largest absolute Gasteiger partial charge is 0.480 e. The minimum atomic E-state index is -1.11. The normalized spacial score (nSPS) is 15.8. The van der Waals surface area contributed by atoms with Gasteiger partial charge in [-0.15, -0.1) is 0 Å². The van der Waals surface area contributed by atoms with Gasteiger partial charge in [0.15, 0.2) is 0 Å². The Morgan fingerprint density at radius 2 is 1.27 bits per heavy atom. The highest BCUT2D eigenvalue weighted by Crippen LogP contribution is 2.10. The Morgan fingerprint density at radius 3 is 1.73 bits per heavy atom. The lowest BCUT2D eigenvalue weighted by molar-refractivity contribution is -0.142. The van der Waals surface area contributed by atoms with Gasteiger partial charge in [-0.2, -0.15) is 23.5 Å². The predicted octanol–water partition coefficient (Wildman–Crippen LogP) is 1.45. The van der Waals surface area contributed by atoms with E-state index in [0.29, 0.717) is 24.3 Å². The highest BCUT2D eigenvalue weighted by Gasteiger charge is 2.31. The van der Waals surface area contributed by atoms with Gasteiger partial charge in [-0.3, -0.25) is 14.4 Å². The fourth-order valence-electron chi connectivity index (χ4n) is 3.03. The third-order valence-electron chi connectivity index (χ3n) is 5.37. The number of carboxylic acid groups (broad SMARTS) is 1. The molecule has 5 atom stereocenters. The minimum Gasteiger partial charge on any atom is -0.480 e. The Labute approximate surface area is 206 Å². The van der Waals surface area contributed by atoms with Crippen LogP contribution in [0.1, 0.15) is 53.4 Å². The molecule has 33 heavy (non-hydrogen) atoms. The number of hydrogen-bond donors (Lipinski definition) is 5. The summed E-state index contributed by atoms with van der Waals surface area (Å²) in [7, 11) is 0. The summed E-state index contributed by atoms with van der Waals surface area (Å²) < 4.78 is 0. The zero-order valence-corrected chi connectivity index (χ0v) is 22.3. The molecule has 9 nitrogen and oxygen atoms in total. The van der Waals surface area contributed by atoms with Gasteiger partial charge in [0.25, 0.3) is 0 Å². The van der Waals surface area contributed by atoms with Crippen LogP contribution < -0.4 is 21.7 Å². The number of carbonyl (C=O) groups excluding carboxylic acids is 3. The Kier molecular flexibility index (Phi) is 16.3. The molecular formula is C22H42N4O5S2. The Morgan fingerprint density at radius 1 is 0.818 bits per heavy atom. The lowest BCUT2D eigenvalue weighted by atomic mass is 9.97. The van der Waals surface area contributed by atoms with E-state index in [2.05, 4.69) is 16.0 Å². The van der Waals surface area contributed by atoms with E-state index in [1.54, 1.807) is 0 Å². The molecule has 0 saturated heterocycles. The molecule has 0 aromatic heterocycles. The van der Waals surface area contributed by atoms with E-state index >= 15 is 0 Å². The van der Waals surface area contributed by atoms with Crippen LogP contribution in [0.5, 0.6) is 0 Å². The molecule has 0 aromatic rings. The number of carbonyl (C=O) groups is 4. The topological polar surface area (TPSA) is 151 Å². The Bertz CT molecular complexity index is 636. The molecule has 0 aliphatic carbocycles. The van der Waals surface area contributed by atoms with Crippen molar-refractivity contribution in [2.24, 2.45) is 17.6 Å². The molecule has 0 bridgehead atoms. The molecule has 0 spiro atoms. The SMILES string of the molecule is CCC(C)C(N)C(=O)NC(CC(C)C)C(=O)NC(CCSC)C(=O)NC(CCSC)C(=O)O. The first-order valence-electron chi connectivity index (χ1n) is 11.4. The van der Waals surface area contributed by atoms with E-state index in [0.717, 1.165) is 6.42 Å². The summed E-state index contributed by atoms with van der Waals surface area (Å²) >= 11 is 3.01. The number of amides is 3. The molecule has 0 aliphatic rings. The second-order valence-corrected chi connectivity index (χ2v) is 10.6. The zero-order valence-electron chi connectivity index (χ0n) is 20.7. The molecule has 0 aliphatic heterocycles. The number of aliphatic carboxylic acids is 1. The van der Waals surface area contributed by atoms with Crippen LogP contribution in [0.4, 0.5) is 0 Å². The van der Waals surface area contributed by atoms with E-state index in [4.69, 9.17) is 5.73 Å². The molecule has 3 amide bonds. The summed E-state index contributed by atoms with van der Waals surface area (Å²) in [6.45, 7) is 7.68. The van der Waals surface area contributed by atoms with Gasteiger partial charge in [0.2, 0.25) is 17.7 Å². The van der Waals surface area contributed by atoms with Gasteiger partial charge in [-0.05, 0) is 55.1 Å². The van der Waals surface area contributed by atoms with E-state index in [1.807, 2.05) is 40.2 Å². The molecule has 6 N–H and O–H groups in total. The first-order chi connectivity index (χ1) is 15.5. The fraction of sp³-hybridized carbons (Fsp3) is 0.818. The van der Waals surface area contributed by atoms with Crippen molar-refractivity contribution >= 4 is 47.2 Å².